The maximum Gasteiger partial charge on any atom is 0.0186 e. The summed E-state index contributed by atoms with van der Waals surface area (Å²) >= 11 is 4.86. The van der Waals surface area contributed by atoms with Crippen LogP contribution in [0, 0.1) is 17.8 Å². The van der Waals surface area contributed by atoms with Crippen LogP contribution in [-0.2, 0) is 0 Å². The van der Waals surface area contributed by atoms with Crippen LogP contribution in [0.5, 0.6) is 0 Å². The molecule has 0 aromatic rings. The third kappa shape index (κ3) is 1.53. The van der Waals surface area contributed by atoms with E-state index in [1.807, 2.05) is 0 Å². The first-order valence-corrected chi connectivity index (χ1v) is 5.69. The summed E-state index contributed by atoms with van der Waals surface area (Å²) in [6, 6.07) is 0. The Hall–Kier alpha value is 0.350. The van der Waals surface area contributed by atoms with E-state index in [0.29, 0.717) is 4.75 Å². The zero-order valence-corrected chi connectivity index (χ0v) is 9.70. The molecule has 0 aromatic carbocycles. The maximum atomic E-state index is 4.86. The van der Waals surface area contributed by atoms with Gasteiger partial charge in [0.15, 0.2) is 0 Å². The third-order valence-electron chi connectivity index (χ3n) is 3.58. The quantitative estimate of drug-likeness (QED) is 0.637. The Balaban J connectivity index is 2.57. The molecule has 0 spiro atoms. The normalized spacial score (nSPS) is 41.5. The summed E-state index contributed by atoms with van der Waals surface area (Å²) in [7, 11) is 0. The Kier molecular flexibility index (Phi) is 3.14. The van der Waals surface area contributed by atoms with Crippen LogP contribution in [0.25, 0.3) is 0 Å². The molecule has 0 N–H and O–H groups in total. The highest BCUT2D eigenvalue weighted by molar-refractivity contribution is 7.81. The summed E-state index contributed by atoms with van der Waals surface area (Å²) in [5, 5.41) is 0. The van der Waals surface area contributed by atoms with E-state index < -0.39 is 0 Å². The molecule has 3 unspecified atom stereocenters. The van der Waals surface area contributed by atoms with Gasteiger partial charge in [-0.05, 0) is 30.6 Å². The summed E-state index contributed by atoms with van der Waals surface area (Å²) in [5.41, 5.74) is 0. The van der Waals surface area contributed by atoms with Gasteiger partial charge in [-0.15, -0.1) is 0 Å². The summed E-state index contributed by atoms with van der Waals surface area (Å²) in [6.07, 6.45) is 3.99. The summed E-state index contributed by atoms with van der Waals surface area (Å²) in [6.45, 7) is 9.26. The number of hydrogen-bond acceptors (Lipinski definition) is 1. The van der Waals surface area contributed by atoms with Crippen molar-refractivity contribution in [3.8, 4) is 0 Å². The molecule has 0 bridgehead atoms. The minimum atomic E-state index is 0.357. The van der Waals surface area contributed by atoms with Crippen LogP contribution in [0.15, 0.2) is 0 Å². The van der Waals surface area contributed by atoms with E-state index in [4.69, 9.17) is 12.6 Å². The van der Waals surface area contributed by atoms with Gasteiger partial charge in [0.05, 0.1) is 0 Å². The molecule has 1 heteroatoms. The SMILES string of the molecule is CCCC1C(C)CC1(S)C(C)C. The van der Waals surface area contributed by atoms with E-state index in [0.717, 1.165) is 17.8 Å². The molecule has 1 saturated carbocycles. The molecule has 0 radical (unpaired) electrons. The average Bonchev–Trinajstić information content (AvgIpc) is 2.00. The van der Waals surface area contributed by atoms with Crippen molar-refractivity contribution in [2.75, 3.05) is 0 Å². The molecule has 1 aliphatic carbocycles. The Morgan fingerprint density at radius 3 is 2.42 bits per heavy atom. The van der Waals surface area contributed by atoms with Crippen molar-refractivity contribution in [1.82, 2.24) is 0 Å². The zero-order valence-electron chi connectivity index (χ0n) is 8.80. The largest absolute Gasteiger partial charge is 0.172 e. The Bertz CT molecular complexity index is 153. The summed E-state index contributed by atoms with van der Waals surface area (Å²) < 4.78 is 0.357. The molecule has 0 amide bonds. The molecule has 0 aliphatic heterocycles. The Labute approximate surface area is 82.5 Å². The van der Waals surface area contributed by atoms with Gasteiger partial charge in [0.25, 0.3) is 0 Å². The van der Waals surface area contributed by atoms with Crippen LogP contribution in [0.3, 0.4) is 0 Å². The third-order valence-corrected chi connectivity index (χ3v) is 4.61. The van der Waals surface area contributed by atoms with Gasteiger partial charge in [-0.25, -0.2) is 0 Å². The van der Waals surface area contributed by atoms with Gasteiger partial charge in [0.1, 0.15) is 0 Å². The van der Waals surface area contributed by atoms with Crippen molar-refractivity contribution in [3.63, 3.8) is 0 Å². The van der Waals surface area contributed by atoms with Crippen molar-refractivity contribution >= 4 is 12.6 Å². The highest BCUT2D eigenvalue weighted by Gasteiger charge is 2.50. The molecule has 0 heterocycles. The van der Waals surface area contributed by atoms with Crippen molar-refractivity contribution in [2.24, 2.45) is 17.8 Å². The van der Waals surface area contributed by atoms with E-state index in [9.17, 15) is 0 Å². The van der Waals surface area contributed by atoms with Gasteiger partial charge in [-0.2, -0.15) is 12.6 Å². The lowest BCUT2D eigenvalue weighted by molar-refractivity contribution is 0.0755. The second-order valence-corrected chi connectivity index (χ2v) is 5.56. The average molecular weight is 186 g/mol. The van der Waals surface area contributed by atoms with Gasteiger partial charge < -0.3 is 0 Å². The van der Waals surface area contributed by atoms with Crippen molar-refractivity contribution < 1.29 is 0 Å². The predicted molar refractivity (Wildman–Crippen MR) is 58.7 cm³/mol. The topological polar surface area (TPSA) is 0 Å². The van der Waals surface area contributed by atoms with Gasteiger partial charge in [0.2, 0.25) is 0 Å². The van der Waals surface area contributed by atoms with E-state index >= 15 is 0 Å². The molecular formula is C11H22S. The molecule has 0 saturated heterocycles. The standard InChI is InChI=1S/C11H22S/c1-5-6-10-9(4)7-11(10,12)8(2)3/h8-10,12H,5-7H2,1-4H3. The Morgan fingerprint density at radius 2 is 2.08 bits per heavy atom. The predicted octanol–water partition coefficient (Wildman–Crippen LogP) is 3.77. The maximum absolute atomic E-state index is 4.86. The van der Waals surface area contributed by atoms with Crippen LogP contribution >= 0.6 is 12.6 Å². The van der Waals surface area contributed by atoms with Gasteiger partial charge in [0, 0.05) is 4.75 Å². The molecule has 1 fully saturated rings. The lowest BCUT2D eigenvalue weighted by atomic mass is 9.59. The highest BCUT2D eigenvalue weighted by Crippen LogP contribution is 2.54. The van der Waals surface area contributed by atoms with Gasteiger partial charge >= 0.3 is 0 Å². The van der Waals surface area contributed by atoms with Gasteiger partial charge in [-0.1, -0.05) is 34.1 Å². The van der Waals surface area contributed by atoms with Crippen molar-refractivity contribution in [1.29, 1.82) is 0 Å². The number of rotatable bonds is 3. The number of thiol groups is 1. The molecule has 12 heavy (non-hydrogen) atoms. The first-order valence-electron chi connectivity index (χ1n) is 5.24. The fourth-order valence-electron chi connectivity index (χ4n) is 2.65. The van der Waals surface area contributed by atoms with Crippen LogP contribution in [0.2, 0.25) is 0 Å². The molecule has 3 atom stereocenters. The van der Waals surface area contributed by atoms with Crippen molar-refractivity contribution in [3.05, 3.63) is 0 Å². The van der Waals surface area contributed by atoms with Crippen LogP contribution in [-0.4, -0.2) is 4.75 Å². The van der Waals surface area contributed by atoms with E-state index in [1.165, 1.54) is 19.3 Å². The first-order chi connectivity index (χ1) is 5.52. The van der Waals surface area contributed by atoms with Crippen molar-refractivity contribution in [2.45, 2.75) is 51.7 Å². The fourth-order valence-corrected chi connectivity index (χ4v) is 3.32. The van der Waals surface area contributed by atoms with E-state index in [2.05, 4.69) is 27.7 Å². The minimum Gasteiger partial charge on any atom is -0.172 e. The molecule has 0 aromatic heterocycles. The molecule has 1 aliphatic rings. The lowest BCUT2D eigenvalue weighted by Crippen LogP contribution is -2.52. The zero-order chi connectivity index (χ0) is 9.35. The van der Waals surface area contributed by atoms with Gasteiger partial charge in [-0.3, -0.25) is 0 Å². The molecule has 0 nitrogen and oxygen atoms in total. The lowest BCUT2D eigenvalue weighted by Gasteiger charge is -2.54. The van der Waals surface area contributed by atoms with E-state index in [-0.39, 0.29) is 0 Å². The molecule has 1 rings (SSSR count). The molecule has 72 valence electrons. The highest BCUT2D eigenvalue weighted by atomic mass is 32.1. The monoisotopic (exact) mass is 186 g/mol. The molecular weight excluding hydrogens is 164 g/mol. The van der Waals surface area contributed by atoms with E-state index in [1.54, 1.807) is 0 Å². The summed E-state index contributed by atoms with van der Waals surface area (Å²) in [5.74, 6) is 2.50. The fraction of sp³-hybridized carbons (Fsp3) is 1.00. The van der Waals surface area contributed by atoms with Crippen LogP contribution in [0.1, 0.15) is 47.0 Å². The minimum absolute atomic E-state index is 0.357. The smallest absolute Gasteiger partial charge is 0.0186 e. The number of hydrogen-bond donors (Lipinski definition) is 1. The first kappa shape index (κ1) is 10.4. The Morgan fingerprint density at radius 1 is 1.50 bits per heavy atom. The second-order valence-electron chi connectivity index (χ2n) is 4.72. The van der Waals surface area contributed by atoms with Crippen LogP contribution in [0.4, 0.5) is 0 Å². The van der Waals surface area contributed by atoms with Crippen LogP contribution < -0.4 is 0 Å². The summed E-state index contributed by atoms with van der Waals surface area (Å²) in [4.78, 5) is 0. The second kappa shape index (κ2) is 3.61.